The zero-order valence-electron chi connectivity index (χ0n) is 6.53. The largest absolute Gasteiger partial charge is 0.445 e. The average molecular weight is 158 g/mol. The van der Waals surface area contributed by atoms with Gasteiger partial charge in [-0.05, 0) is 24.6 Å². The monoisotopic (exact) mass is 158 g/mol. The summed E-state index contributed by atoms with van der Waals surface area (Å²) < 4.78 is 5.14. The Morgan fingerprint density at radius 2 is 2.25 bits per heavy atom. The molecule has 2 rings (SSSR count). The minimum absolute atomic E-state index is 0.639. The van der Waals surface area contributed by atoms with E-state index in [1.807, 2.05) is 24.3 Å². The Kier molecular flexibility index (Phi) is 1.67. The van der Waals surface area contributed by atoms with E-state index in [0.29, 0.717) is 5.89 Å². The molecule has 1 radical (unpaired) electrons. The summed E-state index contributed by atoms with van der Waals surface area (Å²) in [5, 5.41) is 0. The molecule has 0 saturated heterocycles. The van der Waals surface area contributed by atoms with Crippen LogP contribution in [0.2, 0.25) is 0 Å². The predicted molar refractivity (Wildman–Crippen MR) is 46.4 cm³/mol. The van der Waals surface area contributed by atoms with Crippen molar-refractivity contribution in [2.45, 2.75) is 0 Å². The molecule has 59 valence electrons. The van der Waals surface area contributed by atoms with Crippen molar-refractivity contribution in [2.24, 2.45) is 0 Å². The maximum Gasteiger partial charge on any atom is 0.225 e. The van der Waals surface area contributed by atoms with Gasteiger partial charge in [0.1, 0.15) is 6.26 Å². The molecule has 12 heavy (non-hydrogen) atoms. The molecule has 1 aromatic carbocycles. The van der Waals surface area contributed by atoms with Crippen molar-refractivity contribution in [1.82, 2.24) is 4.98 Å². The lowest BCUT2D eigenvalue weighted by Gasteiger charge is -1.95. The highest BCUT2D eigenvalue weighted by Crippen LogP contribution is 2.17. The molecule has 0 N–H and O–H groups in total. The summed E-state index contributed by atoms with van der Waals surface area (Å²) in [6.07, 6.45) is 3.19. The topological polar surface area (TPSA) is 26.0 Å². The van der Waals surface area contributed by atoms with Gasteiger partial charge >= 0.3 is 0 Å². The summed E-state index contributed by atoms with van der Waals surface area (Å²) in [6, 6.07) is 7.75. The fraction of sp³-hybridized carbons (Fsp3) is 0. The van der Waals surface area contributed by atoms with Crippen molar-refractivity contribution in [3.8, 4) is 11.5 Å². The van der Waals surface area contributed by atoms with Crippen LogP contribution in [0.4, 0.5) is 0 Å². The van der Waals surface area contributed by atoms with Crippen molar-refractivity contribution < 1.29 is 4.42 Å². The van der Waals surface area contributed by atoms with Gasteiger partial charge in [0, 0.05) is 5.56 Å². The van der Waals surface area contributed by atoms with E-state index in [1.165, 1.54) is 0 Å². The van der Waals surface area contributed by atoms with Gasteiger partial charge in [-0.3, -0.25) is 0 Å². The molecule has 0 aliphatic heterocycles. The maximum atomic E-state index is 5.14. The maximum absolute atomic E-state index is 5.14. The molecule has 0 fully saturated rings. The molecule has 0 unspecified atom stereocenters. The molecule has 1 aromatic heterocycles. The summed E-state index contributed by atoms with van der Waals surface area (Å²) >= 11 is 0. The third kappa shape index (κ3) is 1.23. The molecule has 2 nitrogen and oxygen atoms in total. The minimum Gasteiger partial charge on any atom is -0.445 e. The number of benzene rings is 1. The van der Waals surface area contributed by atoms with Gasteiger partial charge in [-0.2, -0.15) is 0 Å². The van der Waals surface area contributed by atoms with Crippen LogP contribution in [0.15, 0.2) is 41.1 Å². The van der Waals surface area contributed by atoms with Gasteiger partial charge in [0.15, 0.2) is 0 Å². The van der Waals surface area contributed by atoms with Crippen molar-refractivity contribution in [3.63, 3.8) is 0 Å². The molecule has 0 bridgehead atoms. The fourth-order valence-electron chi connectivity index (χ4n) is 1.07. The highest BCUT2D eigenvalue weighted by molar-refractivity contribution is 5.54. The van der Waals surface area contributed by atoms with E-state index in [4.69, 9.17) is 4.42 Å². The first kappa shape index (κ1) is 7.10. The van der Waals surface area contributed by atoms with Crippen LogP contribution in [0, 0.1) is 6.92 Å². The highest BCUT2D eigenvalue weighted by atomic mass is 16.3. The van der Waals surface area contributed by atoms with Crippen molar-refractivity contribution in [2.75, 3.05) is 0 Å². The first-order chi connectivity index (χ1) is 5.86. The van der Waals surface area contributed by atoms with Gasteiger partial charge < -0.3 is 4.42 Å². The Hall–Kier alpha value is -1.57. The quantitative estimate of drug-likeness (QED) is 0.637. The second-order valence-corrected chi connectivity index (χ2v) is 2.54. The van der Waals surface area contributed by atoms with Gasteiger partial charge in [0.05, 0.1) is 6.20 Å². The summed E-state index contributed by atoms with van der Waals surface area (Å²) in [5.41, 5.74) is 1.93. The number of hydrogen-bond donors (Lipinski definition) is 0. The zero-order chi connectivity index (χ0) is 8.39. The molecule has 0 spiro atoms. The van der Waals surface area contributed by atoms with Crippen LogP contribution in [-0.2, 0) is 0 Å². The van der Waals surface area contributed by atoms with Crippen LogP contribution < -0.4 is 0 Å². The molecule has 0 amide bonds. The van der Waals surface area contributed by atoms with Gasteiger partial charge in [-0.15, -0.1) is 0 Å². The normalized spacial score (nSPS) is 10.1. The Morgan fingerprint density at radius 1 is 1.33 bits per heavy atom. The lowest BCUT2D eigenvalue weighted by Crippen LogP contribution is -1.77. The Balaban J connectivity index is 2.48. The highest BCUT2D eigenvalue weighted by Gasteiger charge is 2.00. The lowest BCUT2D eigenvalue weighted by atomic mass is 10.1. The molecule has 0 aliphatic carbocycles. The van der Waals surface area contributed by atoms with E-state index < -0.39 is 0 Å². The minimum atomic E-state index is 0.639. The second-order valence-electron chi connectivity index (χ2n) is 2.54. The molecular weight excluding hydrogens is 150 g/mol. The van der Waals surface area contributed by atoms with Crippen LogP contribution in [0.25, 0.3) is 11.5 Å². The molecule has 0 atom stereocenters. The van der Waals surface area contributed by atoms with E-state index in [1.54, 1.807) is 12.5 Å². The summed E-state index contributed by atoms with van der Waals surface area (Å²) in [7, 11) is 0. The summed E-state index contributed by atoms with van der Waals surface area (Å²) in [4.78, 5) is 4.03. The first-order valence-electron chi connectivity index (χ1n) is 3.68. The molecule has 2 aromatic rings. The summed E-state index contributed by atoms with van der Waals surface area (Å²) in [5.74, 6) is 0.639. The lowest BCUT2D eigenvalue weighted by molar-refractivity contribution is 0.574. The molecule has 2 heteroatoms. The smallest absolute Gasteiger partial charge is 0.225 e. The van der Waals surface area contributed by atoms with E-state index >= 15 is 0 Å². The third-order valence-corrected chi connectivity index (χ3v) is 1.61. The van der Waals surface area contributed by atoms with E-state index in [-0.39, 0.29) is 0 Å². The third-order valence-electron chi connectivity index (χ3n) is 1.61. The van der Waals surface area contributed by atoms with Crippen molar-refractivity contribution in [3.05, 3.63) is 49.2 Å². The van der Waals surface area contributed by atoms with E-state index in [2.05, 4.69) is 11.9 Å². The summed E-state index contributed by atoms with van der Waals surface area (Å²) in [6.45, 7) is 3.82. The van der Waals surface area contributed by atoms with Crippen molar-refractivity contribution >= 4 is 0 Å². The van der Waals surface area contributed by atoms with E-state index in [0.717, 1.165) is 11.1 Å². The standard InChI is InChI=1S/C10H8NO/c1-8-3-2-4-9(7-8)10-11-5-6-12-10/h2-7H,1H2. The molecular formula is C10H8NO. The van der Waals surface area contributed by atoms with Gasteiger partial charge in [0.25, 0.3) is 0 Å². The Morgan fingerprint density at radius 3 is 2.92 bits per heavy atom. The van der Waals surface area contributed by atoms with Crippen LogP contribution in [0.3, 0.4) is 0 Å². The predicted octanol–water partition coefficient (Wildman–Crippen LogP) is 2.52. The van der Waals surface area contributed by atoms with Crippen LogP contribution in [-0.4, -0.2) is 4.98 Å². The average Bonchev–Trinajstić information content (AvgIpc) is 2.56. The Labute approximate surface area is 70.9 Å². The SMILES string of the molecule is [CH2]c1cccc(-c2ncco2)c1. The van der Waals surface area contributed by atoms with Gasteiger partial charge in [0.2, 0.25) is 5.89 Å². The second kappa shape index (κ2) is 2.81. The van der Waals surface area contributed by atoms with Gasteiger partial charge in [-0.25, -0.2) is 4.98 Å². The fourth-order valence-corrected chi connectivity index (χ4v) is 1.07. The number of hydrogen-bond acceptors (Lipinski definition) is 2. The van der Waals surface area contributed by atoms with Crippen molar-refractivity contribution in [1.29, 1.82) is 0 Å². The Bertz CT molecular complexity index is 365. The number of nitrogens with zero attached hydrogens (tertiary/aromatic N) is 1. The molecule has 0 aliphatic rings. The van der Waals surface area contributed by atoms with Crippen LogP contribution in [0.5, 0.6) is 0 Å². The van der Waals surface area contributed by atoms with E-state index in [9.17, 15) is 0 Å². The number of rotatable bonds is 1. The number of oxazole rings is 1. The van der Waals surface area contributed by atoms with Gasteiger partial charge in [-0.1, -0.05) is 12.1 Å². The van der Waals surface area contributed by atoms with Crippen LogP contribution >= 0.6 is 0 Å². The van der Waals surface area contributed by atoms with Crippen LogP contribution in [0.1, 0.15) is 5.56 Å². The first-order valence-corrected chi connectivity index (χ1v) is 3.68. The molecule has 1 heterocycles. The number of aromatic nitrogens is 1. The molecule has 0 saturated carbocycles. The zero-order valence-corrected chi connectivity index (χ0v) is 6.53.